The summed E-state index contributed by atoms with van der Waals surface area (Å²) in [6.45, 7) is 9.85. The first-order valence-electron chi connectivity index (χ1n) is 10.9. The van der Waals surface area contributed by atoms with E-state index >= 15 is 0 Å². The monoisotopic (exact) mass is 423 g/mol. The second-order valence-electron chi connectivity index (χ2n) is 8.73. The van der Waals surface area contributed by atoms with Crippen molar-refractivity contribution in [2.24, 2.45) is 0 Å². The molecule has 8 nitrogen and oxygen atoms in total. The molecule has 1 atom stereocenters. The third-order valence-corrected chi connectivity index (χ3v) is 8.35. The van der Waals surface area contributed by atoms with E-state index in [1.807, 2.05) is 23.4 Å². The molecule has 0 aromatic carbocycles. The Morgan fingerprint density at radius 2 is 1.72 bits per heavy atom. The number of piperidine rings is 1. The molecule has 0 aliphatic carbocycles. The van der Waals surface area contributed by atoms with Crippen molar-refractivity contribution in [3.05, 3.63) is 11.4 Å². The zero-order valence-corrected chi connectivity index (χ0v) is 18.5. The lowest BCUT2D eigenvalue weighted by Gasteiger charge is -2.37. The number of aryl methyl sites for hydroxylation is 1. The molecule has 4 rings (SSSR count). The third kappa shape index (κ3) is 4.45. The first-order valence-corrected chi connectivity index (χ1v) is 12.7. The van der Waals surface area contributed by atoms with Crippen molar-refractivity contribution in [1.29, 1.82) is 0 Å². The number of hydrogen-bond donors (Lipinski definition) is 0. The van der Waals surface area contributed by atoms with E-state index in [9.17, 15) is 13.2 Å². The maximum atomic E-state index is 12.5. The number of sulfone groups is 1. The average molecular weight is 424 g/mol. The number of anilines is 1. The molecule has 0 N–H and O–H groups in total. The van der Waals surface area contributed by atoms with Gasteiger partial charge in [-0.3, -0.25) is 14.4 Å². The summed E-state index contributed by atoms with van der Waals surface area (Å²) in [6.07, 6.45) is 4.15. The second-order valence-corrected chi connectivity index (χ2v) is 11.0. The zero-order chi connectivity index (χ0) is 20.6. The molecule has 0 spiro atoms. The lowest BCUT2D eigenvalue weighted by atomic mass is 10.1. The van der Waals surface area contributed by atoms with E-state index in [0.29, 0.717) is 13.0 Å². The SMILES string of the molecule is Cc1nn(C2CCS(=O)(=O)C2)c(C)c1N1CCN(CC(=O)N2CCCCC2)CC1. The van der Waals surface area contributed by atoms with Crippen molar-refractivity contribution in [1.82, 2.24) is 19.6 Å². The Hall–Kier alpha value is -1.61. The zero-order valence-electron chi connectivity index (χ0n) is 17.6. The maximum absolute atomic E-state index is 12.5. The Bertz CT molecular complexity index is 852. The van der Waals surface area contributed by atoms with Crippen molar-refractivity contribution in [2.45, 2.75) is 45.6 Å². The number of likely N-dealkylation sites (tertiary alicyclic amines) is 1. The van der Waals surface area contributed by atoms with Gasteiger partial charge in [0.05, 0.1) is 41.2 Å². The molecule has 0 saturated carbocycles. The van der Waals surface area contributed by atoms with Crippen LogP contribution in [0.2, 0.25) is 0 Å². The van der Waals surface area contributed by atoms with Gasteiger partial charge in [0, 0.05) is 39.3 Å². The van der Waals surface area contributed by atoms with Crippen LogP contribution in [0.3, 0.4) is 0 Å². The molecule has 162 valence electrons. The van der Waals surface area contributed by atoms with Gasteiger partial charge < -0.3 is 9.80 Å². The lowest BCUT2D eigenvalue weighted by Crippen LogP contribution is -2.51. The maximum Gasteiger partial charge on any atom is 0.236 e. The molecule has 0 bridgehead atoms. The molecule has 3 fully saturated rings. The number of amides is 1. The standard InChI is InChI=1S/C20H33N5O3S/c1-16-20(17(2)25(21-16)18-6-13-29(27,28)15-18)24-11-9-22(10-12-24)14-19(26)23-7-4-3-5-8-23/h18H,3-15H2,1-2H3. The van der Waals surface area contributed by atoms with Gasteiger partial charge in [-0.15, -0.1) is 0 Å². The Morgan fingerprint density at radius 1 is 1.03 bits per heavy atom. The highest BCUT2D eigenvalue weighted by Crippen LogP contribution is 2.31. The van der Waals surface area contributed by atoms with Gasteiger partial charge in [-0.25, -0.2) is 8.42 Å². The molecule has 3 aliphatic rings. The van der Waals surface area contributed by atoms with Gasteiger partial charge in [-0.2, -0.15) is 5.10 Å². The predicted molar refractivity (Wildman–Crippen MR) is 113 cm³/mol. The highest BCUT2D eigenvalue weighted by Gasteiger charge is 2.33. The minimum atomic E-state index is -2.93. The van der Waals surface area contributed by atoms with Crippen LogP contribution in [0, 0.1) is 13.8 Å². The van der Waals surface area contributed by atoms with Crippen LogP contribution in [0.25, 0.3) is 0 Å². The molecule has 9 heteroatoms. The van der Waals surface area contributed by atoms with Crippen LogP contribution in [0.4, 0.5) is 5.69 Å². The summed E-state index contributed by atoms with van der Waals surface area (Å²) < 4.78 is 25.7. The summed E-state index contributed by atoms with van der Waals surface area (Å²) in [4.78, 5) is 19.2. The number of aromatic nitrogens is 2. The highest BCUT2D eigenvalue weighted by atomic mass is 32.2. The van der Waals surface area contributed by atoms with Gasteiger partial charge in [0.15, 0.2) is 9.84 Å². The molecule has 1 amide bonds. The molecule has 1 aromatic heterocycles. The molecule has 3 saturated heterocycles. The van der Waals surface area contributed by atoms with Gasteiger partial charge in [0.2, 0.25) is 5.91 Å². The fourth-order valence-electron chi connectivity index (χ4n) is 5.00. The minimum absolute atomic E-state index is 0.0455. The summed E-state index contributed by atoms with van der Waals surface area (Å²) in [5, 5.41) is 4.70. The highest BCUT2D eigenvalue weighted by molar-refractivity contribution is 7.91. The number of carbonyl (C=O) groups is 1. The van der Waals surface area contributed by atoms with Crippen LogP contribution in [-0.2, 0) is 14.6 Å². The quantitative estimate of drug-likeness (QED) is 0.719. The van der Waals surface area contributed by atoms with Crippen LogP contribution < -0.4 is 4.90 Å². The van der Waals surface area contributed by atoms with E-state index in [1.165, 1.54) is 6.42 Å². The molecule has 4 heterocycles. The third-order valence-electron chi connectivity index (χ3n) is 6.60. The van der Waals surface area contributed by atoms with Crippen LogP contribution in [0.15, 0.2) is 0 Å². The Balaban J connectivity index is 1.37. The van der Waals surface area contributed by atoms with Gasteiger partial charge in [0.25, 0.3) is 0 Å². The normalized spacial score (nSPS) is 25.5. The topological polar surface area (TPSA) is 78.8 Å². The molecule has 1 aromatic rings. The molecule has 0 radical (unpaired) electrons. The molecule has 1 unspecified atom stereocenters. The summed E-state index contributed by atoms with van der Waals surface area (Å²) in [7, 11) is -2.93. The summed E-state index contributed by atoms with van der Waals surface area (Å²) in [5.41, 5.74) is 3.16. The fraction of sp³-hybridized carbons (Fsp3) is 0.800. The van der Waals surface area contributed by atoms with E-state index in [0.717, 1.165) is 69.2 Å². The van der Waals surface area contributed by atoms with E-state index in [1.54, 1.807) is 0 Å². The van der Waals surface area contributed by atoms with E-state index in [4.69, 9.17) is 5.10 Å². The molecule has 3 aliphatic heterocycles. The fourth-order valence-corrected chi connectivity index (χ4v) is 6.69. The van der Waals surface area contributed by atoms with Crippen molar-refractivity contribution < 1.29 is 13.2 Å². The molecular formula is C20H33N5O3S. The average Bonchev–Trinajstić information content (AvgIpc) is 3.21. The van der Waals surface area contributed by atoms with Crippen molar-refractivity contribution in [3.63, 3.8) is 0 Å². The van der Waals surface area contributed by atoms with Crippen molar-refractivity contribution in [2.75, 3.05) is 62.2 Å². The van der Waals surface area contributed by atoms with Gasteiger partial charge in [-0.05, 0) is 39.5 Å². The Labute approximate surface area is 173 Å². The number of carbonyl (C=O) groups excluding carboxylic acids is 1. The summed E-state index contributed by atoms with van der Waals surface area (Å²) in [5.74, 6) is 0.719. The van der Waals surface area contributed by atoms with Crippen molar-refractivity contribution >= 4 is 21.4 Å². The largest absolute Gasteiger partial charge is 0.366 e. The van der Waals surface area contributed by atoms with Gasteiger partial charge in [-0.1, -0.05) is 0 Å². The van der Waals surface area contributed by atoms with E-state index in [-0.39, 0.29) is 23.5 Å². The number of rotatable bonds is 4. The van der Waals surface area contributed by atoms with Crippen molar-refractivity contribution in [3.8, 4) is 0 Å². The van der Waals surface area contributed by atoms with E-state index in [2.05, 4.69) is 9.80 Å². The smallest absolute Gasteiger partial charge is 0.236 e. The number of piperazine rings is 1. The van der Waals surface area contributed by atoms with Crippen LogP contribution in [-0.4, -0.2) is 91.2 Å². The van der Waals surface area contributed by atoms with E-state index < -0.39 is 9.84 Å². The molecular weight excluding hydrogens is 390 g/mol. The van der Waals surface area contributed by atoms with Crippen LogP contribution in [0.1, 0.15) is 43.1 Å². The van der Waals surface area contributed by atoms with Crippen LogP contribution >= 0.6 is 0 Å². The second kappa shape index (κ2) is 8.26. The summed E-state index contributed by atoms with van der Waals surface area (Å²) >= 11 is 0. The lowest BCUT2D eigenvalue weighted by molar-refractivity contribution is -0.133. The number of hydrogen-bond acceptors (Lipinski definition) is 6. The first kappa shape index (κ1) is 20.7. The van der Waals surface area contributed by atoms with Gasteiger partial charge >= 0.3 is 0 Å². The number of nitrogens with zero attached hydrogens (tertiary/aromatic N) is 5. The Kier molecular flexibility index (Phi) is 5.88. The minimum Gasteiger partial charge on any atom is -0.366 e. The Morgan fingerprint density at radius 3 is 2.34 bits per heavy atom. The summed E-state index contributed by atoms with van der Waals surface area (Å²) in [6, 6.07) is -0.0455. The predicted octanol–water partition coefficient (Wildman–Crippen LogP) is 0.994. The first-order chi connectivity index (χ1) is 13.8. The molecule has 29 heavy (non-hydrogen) atoms. The van der Waals surface area contributed by atoms with Gasteiger partial charge in [0.1, 0.15) is 0 Å². The van der Waals surface area contributed by atoms with Crippen LogP contribution in [0.5, 0.6) is 0 Å².